The van der Waals surface area contributed by atoms with Crippen LogP contribution in [-0.2, 0) is 0 Å². The molecule has 0 saturated carbocycles. The summed E-state index contributed by atoms with van der Waals surface area (Å²) in [6.07, 6.45) is 0. The molecule has 0 saturated heterocycles. The molecule has 3 heterocycles. The lowest BCUT2D eigenvalue weighted by Crippen LogP contribution is -2.00. The summed E-state index contributed by atoms with van der Waals surface area (Å²) in [6, 6.07) is 43.8. The molecule has 0 unspecified atom stereocenters. The number of hydrogen-bond donors (Lipinski definition) is 0. The zero-order valence-corrected chi connectivity index (χ0v) is 23.1. The highest BCUT2D eigenvalue weighted by Crippen LogP contribution is 2.44. The first-order chi connectivity index (χ1) is 20.8. The standard InChI is InChI=1S/C37H21N3OS/c1-2-10-22(11-3-1)35-38-36(24-18-19-27-26-14-6-8-16-30(26)41-31(27)21-24)40-37(39-35)29-20-23-12-4-5-13-25(23)34-33(29)28-15-7-9-17-32(28)42-34/h1-21H. The average molecular weight is 556 g/mol. The number of aromatic nitrogens is 3. The quantitative estimate of drug-likeness (QED) is 0.218. The van der Waals surface area contributed by atoms with Crippen LogP contribution in [0.1, 0.15) is 0 Å². The van der Waals surface area contributed by atoms with Crippen LogP contribution < -0.4 is 0 Å². The predicted molar refractivity (Wildman–Crippen MR) is 174 cm³/mol. The Bertz CT molecular complexity index is 2480. The van der Waals surface area contributed by atoms with Gasteiger partial charge in [-0.1, -0.05) is 97.1 Å². The third-order valence-electron chi connectivity index (χ3n) is 7.92. The maximum Gasteiger partial charge on any atom is 0.164 e. The fraction of sp³-hybridized carbons (Fsp3) is 0. The first-order valence-electron chi connectivity index (χ1n) is 13.9. The second-order valence-electron chi connectivity index (χ2n) is 10.4. The monoisotopic (exact) mass is 555 g/mol. The van der Waals surface area contributed by atoms with Crippen molar-refractivity contribution < 1.29 is 4.42 Å². The van der Waals surface area contributed by atoms with Crippen LogP contribution in [0, 0.1) is 0 Å². The zero-order valence-electron chi connectivity index (χ0n) is 22.3. The van der Waals surface area contributed by atoms with E-state index < -0.39 is 0 Å². The van der Waals surface area contributed by atoms with Gasteiger partial charge in [0.15, 0.2) is 17.5 Å². The van der Waals surface area contributed by atoms with Gasteiger partial charge in [0.25, 0.3) is 0 Å². The summed E-state index contributed by atoms with van der Waals surface area (Å²) >= 11 is 1.82. The molecule has 0 fully saturated rings. The minimum absolute atomic E-state index is 0.613. The largest absolute Gasteiger partial charge is 0.456 e. The Labute approximate surface area is 244 Å². The molecule has 0 spiro atoms. The molecule has 0 aliphatic rings. The Hall–Kier alpha value is -5.39. The van der Waals surface area contributed by atoms with Crippen molar-refractivity contribution in [1.29, 1.82) is 0 Å². The number of thiophene rings is 1. The van der Waals surface area contributed by atoms with Crippen molar-refractivity contribution in [3.05, 3.63) is 127 Å². The van der Waals surface area contributed by atoms with E-state index in [-0.39, 0.29) is 0 Å². The van der Waals surface area contributed by atoms with Gasteiger partial charge in [-0.2, -0.15) is 0 Å². The third-order valence-corrected chi connectivity index (χ3v) is 9.12. The highest BCUT2D eigenvalue weighted by Gasteiger charge is 2.19. The van der Waals surface area contributed by atoms with E-state index in [2.05, 4.69) is 72.8 Å². The molecule has 0 atom stereocenters. The second-order valence-corrected chi connectivity index (χ2v) is 11.5. The number of nitrogens with zero attached hydrogens (tertiary/aromatic N) is 3. The van der Waals surface area contributed by atoms with Crippen molar-refractivity contribution in [2.24, 2.45) is 0 Å². The molecule has 5 heteroatoms. The lowest BCUT2D eigenvalue weighted by atomic mass is 10.00. The molecule has 0 aliphatic heterocycles. The topological polar surface area (TPSA) is 51.8 Å². The van der Waals surface area contributed by atoms with Crippen molar-refractivity contribution in [2.75, 3.05) is 0 Å². The van der Waals surface area contributed by atoms with Crippen LogP contribution in [0.2, 0.25) is 0 Å². The van der Waals surface area contributed by atoms with Gasteiger partial charge in [0.2, 0.25) is 0 Å². The molecule has 0 bridgehead atoms. The summed E-state index contributed by atoms with van der Waals surface area (Å²) in [5.41, 5.74) is 4.52. The lowest BCUT2D eigenvalue weighted by Gasteiger charge is -2.11. The first-order valence-corrected chi connectivity index (χ1v) is 14.7. The Morgan fingerprint density at radius 3 is 2.02 bits per heavy atom. The summed E-state index contributed by atoms with van der Waals surface area (Å²) < 4.78 is 8.71. The minimum atomic E-state index is 0.613. The number of fused-ring (bicyclic) bond motifs is 8. The first kappa shape index (κ1) is 23.3. The van der Waals surface area contributed by atoms with Crippen LogP contribution in [0.5, 0.6) is 0 Å². The lowest BCUT2D eigenvalue weighted by molar-refractivity contribution is 0.669. The smallest absolute Gasteiger partial charge is 0.164 e. The van der Waals surface area contributed by atoms with Crippen molar-refractivity contribution in [2.45, 2.75) is 0 Å². The van der Waals surface area contributed by atoms with E-state index in [4.69, 9.17) is 19.4 Å². The molecular weight excluding hydrogens is 534 g/mol. The number of furan rings is 1. The fourth-order valence-corrected chi connectivity index (χ4v) is 7.21. The Kier molecular flexibility index (Phi) is 5.03. The summed E-state index contributed by atoms with van der Waals surface area (Å²) in [6.45, 7) is 0. The number of benzene rings is 6. The van der Waals surface area contributed by atoms with Crippen molar-refractivity contribution in [3.63, 3.8) is 0 Å². The maximum absolute atomic E-state index is 6.22. The molecule has 6 aromatic carbocycles. The van der Waals surface area contributed by atoms with Gasteiger partial charge < -0.3 is 4.42 Å². The van der Waals surface area contributed by atoms with E-state index in [0.29, 0.717) is 17.5 Å². The molecule has 0 radical (unpaired) electrons. The number of rotatable bonds is 3. The van der Waals surface area contributed by atoms with Crippen LogP contribution in [0.4, 0.5) is 0 Å². The van der Waals surface area contributed by atoms with Gasteiger partial charge in [-0.15, -0.1) is 11.3 Å². The van der Waals surface area contributed by atoms with Crippen molar-refractivity contribution in [3.8, 4) is 34.2 Å². The second kappa shape index (κ2) is 9.06. The van der Waals surface area contributed by atoms with Gasteiger partial charge in [0.1, 0.15) is 11.2 Å². The van der Waals surface area contributed by atoms with E-state index in [1.54, 1.807) is 0 Å². The Morgan fingerprint density at radius 2 is 1.14 bits per heavy atom. The Morgan fingerprint density at radius 1 is 0.476 bits per heavy atom. The third kappa shape index (κ3) is 3.57. The molecule has 4 nitrogen and oxygen atoms in total. The molecule has 196 valence electrons. The van der Waals surface area contributed by atoms with Gasteiger partial charge in [0, 0.05) is 47.6 Å². The van der Waals surface area contributed by atoms with Crippen LogP contribution in [0.15, 0.2) is 132 Å². The van der Waals surface area contributed by atoms with E-state index in [1.807, 2.05) is 65.9 Å². The van der Waals surface area contributed by atoms with Crippen LogP contribution in [0.25, 0.3) is 87.0 Å². The maximum atomic E-state index is 6.22. The normalized spacial score (nSPS) is 11.8. The van der Waals surface area contributed by atoms with Crippen LogP contribution in [-0.4, -0.2) is 15.0 Å². The van der Waals surface area contributed by atoms with Crippen molar-refractivity contribution >= 4 is 64.2 Å². The summed E-state index contributed by atoms with van der Waals surface area (Å²) in [5.74, 6) is 1.91. The van der Waals surface area contributed by atoms with Gasteiger partial charge in [-0.25, -0.2) is 15.0 Å². The summed E-state index contributed by atoms with van der Waals surface area (Å²) in [4.78, 5) is 15.2. The Balaban J connectivity index is 1.35. The number of hydrogen-bond acceptors (Lipinski definition) is 5. The van der Waals surface area contributed by atoms with Gasteiger partial charge in [-0.05, 0) is 41.1 Å². The predicted octanol–water partition coefficient (Wildman–Crippen LogP) is 10.3. The van der Waals surface area contributed by atoms with E-state index in [1.165, 1.54) is 30.9 Å². The van der Waals surface area contributed by atoms with Gasteiger partial charge in [0.05, 0.1) is 0 Å². The molecule has 9 rings (SSSR count). The molecule has 0 N–H and O–H groups in total. The molecule has 42 heavy (non-hydrogen) atoms. The van der Waals surface area contributed by atoms with E-state index in [0.717, 1.165) is 38.6 Å². The molecule has 0 amide bonds. The molecular formula is C37H21N3OS. The highest BCUT2D eigenvalue weighted by molar-refractivity contribution is 7.26. The molecule has 0 aliphatic carbocycles. The summed E-state index contributed by atoms with van der Waals surface area (Å²) in [5, 5.41) is 6.98. The number of para-hydroxylation sites is 1. The summed E-state index contributed by atoms with van der Waals surface area (Å²) in [7, 11) is 0. The van der Waals surface area contributed by atoms with Crippen molar-refractivity contribution in [1.82, 2.24) is 15.0 Å². The van der Waals surface area contributed by atoms with Crippen LogP contribution >= 0.6 is 11.3 Å². The average Bonchev–Trinajstić information content (AvgIpc) is 3.63. The fourth-order valence-electron chi connectivity index (χ4n) is 5.94. The SMILES string of the molecule is c1ccc(-c2nc(-c3ccc4c(c3)oc3ccccc34)nc(-c3cc4ccccc4c4sc5ccccc5c34)n2)cc1. The van der Waals surface area contributed by atoms with E-state index >= 15 is 0 Å². The zero-order chi connectivity index (χ0) is 27.6. The van der Waals surface area contributed by atoms with Gasteiger partial charge >= 0.3 is 0 Å². The highest BCUT2D eigenvalue weighted by atomic mass is 32.1. The molecule has 9 aromatic rings. The van der Waals surface area contributed by atoms with Gasteiger partial charge in [-0.3, -0.25) is 0 Å². The van der Waals surface area contributed by atoms with E-state index in [9.17, 15) is 0 Å². The van der Waals surface area contributed by atoms with Crippen LogP contribution in [0.3, 0.4) is 0 Å². The minimum Gasteiger partial charge on any atom is -0.456 e. The molecule has 3 aromatic heterocycles.